The monoisotopic (exact) mass is 461 g/mol. The van der Waals surface area contributed by atoms with Crippen LogP contribution in [0.25, 0.3) is 55.0 Å². The van der Waals surface area contributed by atoms with Gasteiger partial charge in [-0.25, -0.2) is 0 Å². The van der Waals surface area contributed by atoms with Crippen LogP contribution in [0.5, 0.6) is 0 Å². The molecule has 2 nitrogen and oxygen atoms in total. The average molecular weight is 462 g/mol. The Kier molecular flexibility index (Phi) is 4.82. The van der Waals surface area contributed by atoms with Gasteiger partial charge in [-0.2, -0.15) is 0 Å². The molecule has 0 bridgehead atoms. The fourth-order valence-corrected chi connectivity index (χ4v) is 5.07. The second kappa shape index (κ2) is 8.44. The third-order valence-corrected chi connectivity index (χ3v) is 6.89. The van der Waals surface area contributed by atoms with Gasteiger partial charge in [0.15, 0.2) is 5.58 Å². The third kappa shape index (κ3) is 3.52. The van der Waals surface area contributed by atoms with E-state index in [0.717, 1.165) is 33.3 Å². The summed E-state index contributed by atoms with van der Waals surface area (Å²) in [4.78, 5) is 0. The standard InChI is InChI=1S/C34H23NO/c1-2-9-28-25(7-1)8-5-11-29(28)26-17-15-23(16-18-26)24-19-21-27(22-20-24)35-32-13-6-12-31-30-10-3-4-14-33(30)36-34(31)32/h1-22,35H. The zero-order valence-corrected chi connectivity index (χ0v) is 19.6. The smallest absolute Gasteiger partial charge is 0.158 e. The lowest BCUT2D eigenvalue weighted by Gasteiger charge is -2.10. The second-order valence-electron chi connectivity index (χ2n) is 9.09. The molecule has 0 radical (unpaired) electrons. The summed E-state index contributed by atoms with van der Waals surface area (Å²) in [6, 6.07) is 46.8. The van der Waals surface area contributed by atoms with Crippen molar-refractivity contribution in [2.24, 2.45) is 0 Å². The number of nitrogens with one attached hydrogen (secondary N) is 1. The SMILES string of the molecule is c1ccc2c(-c3ccc(-c4ccc(Nc5cccc6c5oc5ccccc56)cc4)cc3)cccc2c1. The normalized spacial score (nSPS) is 11.3. The first-order valence-electron chi connectivity index (χ1n) is 12.2. The maximum absolute atomic E-state index is 6.16. The van der Waals surface area contributed by atoms with Crippen molar-refractivity contribution < 1.29 is 4.42 Å². The van der Waals surface area contributed by atoms with Gasteiger partial charge in [-0.15, -0.1) is 0 Å². The van der Waals surface area contributed by atoms with Crippen molar-refractivity contribution in [2.75, 3.05) is 5.32 Å². The molecule has 6 aromatic carbocycles. The molecule has 1 heterocycles. The zero-order chi connectivity index (χ0) is 23.9. The lowest BCUT2D eigenvalue weighted by Crippen LogP contribution is -1.90. The first-order chi connectivity index (χ1) is 17.8. The molecule has 0 unspecified atom stereocenters. The number of hydrogen-bond acceptors (Lipinski definition) is 2. The predicted octanol–water partition coefficient (Wildman–Crippen LogP) is 9.82. The topological polar surface area (TPSA) is 25.2 Å². The Bertz CT molecular complexity index is 1840. The second-order valence-corrected chi connectivity index (χ2v) is 9.09. The summed E-state index contributed by atoms with van der Waals surface area (Å²) in [6.45, 7) is 0. The van der Waals surface area contributed by atoms with E-state index in [2.05, 4.69) is 121 Å². The highest BCUT2D eigenvalue weighted by Gasteiger charge is 2.10. The first-order valence-corrected chi connectivity index (χ1v) is 12.2. The lowest BCUT2D eigenvalue weighted by atomic mass is 9.96. The summed E-state index contributed by atoms with van der Waals surface area (Å²) >= 11 is 0. The zero-order valence-electron chi connectivity index (χ0n) is 19.6. The van der Waals surface area contributed by atoms with Gasteiger partial charge in [-0.1, -0.05) is 109 Å². The molecule has 0 fully saturated rings. The highest BCUT2D eigenvalue weighted by atomic mass is 16.3. The minimum atomic E-state index is 0.881. The Morgan fingerprint density at radius 2 is 1.06 bits per heavy atom. The summed E-state index contributed by atoms with van der Waals surface area (Å²) in [5.74, 6) is 0. The van der Waals surface area contributed by atoms with Gasteiger partial charge in [0.1, 0.15) is 5.58 Å². The van der Waals surface area contributed by atoms with Crippen molar-refractivity contribution in [2.45, 2.75) is 0 Å². The largest absolute Gasteiger partial charge is 0.454 e. The molecule has 7 rings (SSSR count). The van der Waals surface area contributed by atoms with E-state index in [-0.39, 0.29) is 0 Å². The molecule has 170 valence electrons. The quantitative estimate of drug-likeness (QED) is 0.282. The van der Waals surface area contributed by atoms with E-state index in [1.807, 2.05) is 18.2 Å². The summed E-state index contributed by atoms with van der Waals surface area (Å²) in [6.07, 6.45) is 0. The number of furan rings is 1. The summed E-state index contributed by atoms with van der Waals surface area (Å²) < 4.78 is 6.16. The van der Waals surface area contributed by atoms with Gasteiger partial charge < -0.3 is 9.73 Å². The molecule has 0 spiro atoms. The molecular formula is C34H23NO. The Morgan fingerprint density at radius 3 is 1.89 bits per heavy atom. The number of hydrogen-bond donors (Lipinski definition) is 1. The molecule has 7 aromatic rings. The fourth-order valence-electron chi connectivity index (χ4n) is 5.07. The maximum atomic E-state index is 6.16. The van der Waals surface area contributed by atoms with E-state index in [0.29, 0.717) is 0 Å². The molecule has 0 saturated heterocycles. The summed E-state index contributed by atoms with van der Waals surface area (Å²) in [7, 11) is 0. The molecule has 0 aliphatic carbocycles. The van der Waals surface area contributed by atoms with Gasteiger partial charge >= 0.3 is 0 Å². The van der Waals surface area contributed by atoms with Crippen LogP contribution in [-0.2, 0) is 0 Å². The Morgan fingerprint density at radius 1 is 0.444 bits per heavy atom. The molecule has 0 aliphatic rings. The third-order valence-electron chi connectivity index (χ3n) is 6.89. The van der Waals surface area contributed by atoms with Crippen LogP contribution in [0.2, 0.25) is 0 Å². The van der Waals surface area contributed by atoms with E-state index in [9.17, 15) is 0 Å². The number of fused-ring (bicyclic) bond motifs is 4. The fraction of sp³-hybridized carbons (Fsp3) is 0. The number of para-hydroxylation sites is 2. The van der Waals surface area contributed by atoms with Crippen molar-refractivity contribution >= 4 is 44.1 Å². The molecule has 0 aliphatic heterocycles. The van der Waals surface area contributed by atoms with Crippen LogP contribution in [0, 0.1) is 0 Å². The highest BCUT2D eigenvalue weighted by molar-refractivity contribution is 6.09. The maximum Gasteiger partial charge on any atom is 0.158 e. The van der Waals surface area contributed by atoms with Crippen molar-refractivity contribution in [1.82, 2.24) is 0 Å². The van der Waals surface area contributed by atoms with Gasteiger partial charge in [0.05, 0.1) is 5.69 Å². The Labute approximate surface area is 209 Å². The van der Waals surface area contributed by atoms with Gasteiger partial charge in [-0.05, 0) is 57.3 Å². The molecule has 0 atom stereocenters. The summed E-state index contributed by atoms with van der Waals surface area (Å²) in [5, 5.41) is 8.35. The van der Waals surface area contributed by atoms with Crippen molar-refractivity contribution in [1.29, 1.82) is 0 Å². The van der Waals surface area contributed by atoms with Crippen molar-refractivity contribution in [3.8, 4) is 22.3 Å². The van der Waals surface area contributed by atoms with Crippen LogP contribution >= 0.6 is 0 Å². The van der Waals surface area contributed by atoms with E-state index in [4.69, 9.17) is 4.42 Å². The number of anilines is 2. The van der Waals surface area contributed by atoms with Crippen LogP contribution in [0.4, 0.5) is 11.4 Å². The van der Waals surface area contributed by atoms with Gasteiger partial charge in [0.2, 0.25) is 0 Å². The minimum absolute atomic E-state index is 0.881. The molecule has 1 N–H and O–H groups in total. The van der Waals surface area contributed by atoms with E-state index in [1.165, 1.54) is 33.0 Å². The molecule has 2 heteroatoms. The molecular weight excluding hydrogens is 438 g/mol. The average Bonchev–Trinajstić information content (AvgIpc) is 3.33. The van der Waals surface area contributed by atoms with Crippen molar-refractivity contribution in [3.05, 3.63) is 133 Å². The molecule has 0 amide bonds. The van der Waals surface area contributed by atoms with Crippen LogP contribution in [0.1, 0.15) is 0 Å². The minimum Gasteiger partial charge on any atom is -0.454 e. The van der Waals surface area contributed by atoms with E-state index >= 15 is 0 Å². The van der Waals surface area contributed by atoms with Crippen LogP contribution < -0.4 is 5.32 Å². The van der Waals surface area contributed by atoms with E-state index in [1.54, 1.807) is 0 Å². The molecule has 1 aromatic heterocycles. The lowest BCUT2D eigenvalue weighted by molar-refractivity contribution is 0.670. The van der Waals surface area contributed by atoms with Crippen LogP contribution in [0.15, 0.2) is 138 Å². The summed E-state index contributed by atoms with van der Waals surface area (Å²) in [5.41, 5.74) is 8.66. The number of benzene rings is 6. The first kappa shape index (κ1) is 20.5. The number of rotatable bonds is 4. The van der Waals surface area contributed by atoms with Crippen molar-refractivity contribution in [3.63, 3.8) is 0 Å². The van der Waals surface area contributed by atoms with E-state index < -0.39 is 0 Å². The Hall–Kier alpha value is -4.82. The van der Waals surface area contributed by atoms with Crippen LogP contribution in [0.3, 0.4) is 0 Å². The van der Waals surface area contributed by atoms with Crippen LogP contribution in [-0.4, -0.2) is 0 Å². The molecule has 0 saturated carbocycles. The van der Waals surface area contributed by atoms with Gasteiger partial charge in [-0.3, -0.25) is 0 Å². The van der Waals surface area contributed by atoms with Gasteiger partial charge in [0, 0.05) is 16.5 Å². The highest BCUT2D eigenvalue weighted by Crippen LogP contribution is 2.35. The predicted molar refractivity (Wildman–Crippen MR) is 152 cm³/mol. The van der Waals surface area contributed by atoms with Gasteiger partial charge in [0.25, 0.3) is 0 Å². The molecule has 36 heavy (non-hydrogen) atoms. The Balaban J connectivity index is 1.16.